The van der Waals surface area contributed by atoms with Crippen molar-refractivity contribution in [2.24, 2.45) is 0 Å². The number of rotatable bonds is 11. The van der Waals surface area contributed by atoms with Crippen molar-refractivity contribution in [1.29, 1.82) is 0 Å². The van der Waals surface area contributed by atoms with Crippen LogP contribution in [0, 0.1) is 6.92 Å². The number of nitrogens with zero attached hydrogens (tertiary/aromatic N) is 1. The second kappa shape index (κ2) is 13.6. The first kappa shape index (κ1) is 30.0. The number of fused-ring (bicyclic) bond motifs is 1. The van der Waals surface area contributed by atoms with E-state index in [2.05, 4.69) is 20.4 Å². The van der Waals surface area contributed by atoms with Crippen molar-refractivity contribution in [2.45, 2.75) is 32.9 Å². The first-order valence-electron chi connectivity index (χ1n) is 13.3. The van der Waals surface area contributed by atoms with Gasteiger partial charge in [0, 0.05) is 48.0 Å². The predicted octanol–water partition coefficient (Wildman–Crippen LogP) is 5.86. The molecule has 0 spiro atoms. The van der Waals surface area contributed by atoms with E-state index in [-0.39, 0.29) is 48.4 Å². The van der Waals surface area contributed by atoms with Crippen molar-refractivity contribution in [3.8, 4) is 5.75 Å². The molecule has 220 valence electrons. The number of likely N-dealkylation sites (N-methyl/N-ethyl adjacent to an activating group) is 1. The number of halogens is 2. The third-order valence-electron chi connectivity index (χ3n) is 6.76. The lowest BCUT2D eigenvalue weighted by atomic mass is 9.97. The second-order valence-corrected chi connectivity index (χ2v) is 9.89. The van der Waals surface area contributed by atoms with Gasteiger partial charge in [-0.1, -0.05) is 37.3 Å². The summed E-state index contributed by atoms with van der Waals surface area (Å²) >= 11 is 0. The normalized spacial score (nSPS) is 11.7. The smallest absolute Gasteiger partial charge is 0.411 e. The number of aromatic amines is 1. The molecule has 0 saturated carbocycles. The van der Waals surface area contributed by atoms with Crippen LogP contribution in [-0.2, 0) is 16.1 Å². The van der Waals surface area contributed by atoms with Gasteiger partial charge in [0.25, 0.3) is 5.56 Å². The number of ether oxygens (including phenoxy) is 2. The number of carbonyl (C=O) groups excluding carboxylic acids is 2. The number of amides is 2. The van der Waals surface area contributed by atoms with E-state index in [0.717, 1.165) is 16.5 Å². The van der Waals surface area contributed by atoms with E-state index in [0.29, 0.717) is 16.8 Å². The lowest BCUT2D eigenvalue weighted by Crippen LogP contribution is -2.32. The molecule has 0 saturated heterocycles. The fourth-order valence-corrected chi connectivity index (χ4v) is 4.53. The van der Waals surface area contributed by atoms with Gasteiger partial charge in [0.1, 0.15) is 5.75 Å². The van der Waals surface area contributed by atoms with E-state index in [4.69, 9.17) is 4.74 Å². The average Bonchev–Trinajstić information content (AvgIpc) is 2.96. The van der Waals surface area contributed by atoms with Crippen LogP contribution in [0.25, 0.3) is 10.8 Å². The maximum Gasteiger partial charge on any atom is 0.411 e. The maximum atomic E-state index is 13.1. The highest BCUT2D eigenvalue weighted by atomic mass is 19.3. The number of pyridine rings is 1. The standard InChI is InChI=1S/C31H32F2N4O5/c1-19-6-4-5-7-25(19)20(2)18-41-31(40)36-24-10-11-27(42-30(32)33)22(14-24)17-37(3)28(38)16-35-23-9-8-21-12-13-34-29(39)26(21)15-23/h4-15,20,30,35H,16-18H2,1-3H3,(H,34,39)(H,36,40). The maximum absolute atomic E-state index is 13.1. The highest BCUT2D eigenvalue weighted by Gasteiger charge is 2.17. The minimum absolute atomic E-state index is 0.0297. The van der Waals surface area contributed by atoms with Gasteiger partial charge < -0.3 is 24.7 Å². The summed E-state index contributed by atoms with van der Waals surface area (Å²) < 4.78 is 36.2. The summed E-state index contributed by atoms with van der Waals surface area (Å²) in [6, 6.07) is 18.9. The number of nitrogens with one attached hydrogen (secondary N) is 3. The van der Waals surface area contributed by atoms with Crippen LogP contribution in [0.15, 0.2) is 77.7 Å². The summed E-state index contributed by atoms with van der Waals surface area (Å²) in [6.45, 7) is 0.821. The Bertz CT molecular complexity index is 1620. The number of H-pyrrole nitrogens is 1. The third kappa shape index (κ3) is 7.84. The fourth-order valence-electron chi connectivity index (χ4n) is 4.53. The van der Waals surface area contributed by atoms with Crippen molar-refractivity contribution in [3.63, 3.8) is 0 Å². The third-order valence-corrected chi connectivity index (χ3v) is 6.76. The van der Waals surface area contributed by atoms with Gasteiger partial charge in [-0.2, -0.15) is 8.78 Å². The van der Waals surface area contributed by atoms with Crippen LogP contribution < -0.4 is 20.9 Å². The molecule has 1 aromatic heterocycles. The quantitative estimate of drug-likeness (QED) is 0.206. The molecule has 0 bridgehead atoms. The Labute approximate surface area is 241 Å². The van der Waals surface area contributed by atoms with Crippen LogP contribution in [-0.4, -0.2) is 48.7 Å². The van der Waals surface area contributed by atoms with Crippen molar-refractivity contribution >= 4 is 34.1 Å². The minimum Gasteiger partial charge on any atom is -0.449 e. The monoisotopic (exact) mass is 578 g/mol. The molecular weight excluding hydrogens is 546 g/mol. The van der Waals surface area contributed by atoms with Crippen molar-refractivity contribution in [3.05, 3.63) is 100.0 Å². The summed E-state index contributed by atoms with van der Waals surface area (Å²) in [7, 11) is 1.52. The molecule has 0 aliphatic rings. The first-order valence-corrected chi connectivity index (χ1v) is 13.3. The SMILES string of the molecule is Cc1ccccc1C(C)COC(=O)Nc1ccc(OC(F)F)c(CN(C)C(=O)CNc2ccc3cc[nH]c(=O)c3c2)c1. The van der Waals surface area contributed by atoms with Crippen molar-refractivity contribution in [1.82, 2.24) is 9.88 Å². The molecule has 1 unspecified atom stereocenters. The molecular formula is C31H32F2N4O5. The largest absolute Gasteiger partial charge is 0.449 e. The zero-order valence-corrected chi connectivity index (χ0v) is 23.4. The van der Waals surface area contributed by atoms with Gasteiger partial charge in [0.15, 0.2) is 0 Å². The molecule has 3 N–H and O–H groups in total. The lowest BCUT2D eigenvalue weighted by Gasteiger charge is -2.21. The Balaban J connectivity index is 1.38. The molecule has 3 aromatic carbocycles. The molecule has 1 heterocycles. The summed E-state index contributed by atoms with van der Waals surface area (Å²) in [5.74, 6) is -0.501. The molecule has 0 fully saturated rings. The lowest BCUT2D eigenvalue weighted by molar-refractivity contribution is -0.128. The molecule has 4 rings (SSSR count). The Morgan fingerprint density at radius 2 is 1.79 bits per heavy atom. The molecule has 2 amide bonds. The van der Waals surface area contributed by atoms with Crippen LogP contribution in [0.2, 0.25) is 0 Å². The number of aromatic nitrogens is 1. The zero-order valence-electron chi connectivity index (χ0n) is 23.4. The predicted molar refractivity (Wildman–Crippen MR) is 157 cm³/mol. The van der Waals surface area contributed by atoms with E-state index in [1.165, 1.54) is 30.1 Å². The zero-order chi connectivity index (χ0) is 30.2. The highest BCUT2D eigenvalue weighted by Crippen LogP contribution is 2.26. The van der Waals surface area contributed by atoms with Crippen molar-refractivity contribution < 1.29 is 27.8 Å². The van der Waals surface area contributed by atoms with E-state index in [9.17, 15) is 23.2 Å². The second-order valence-electron chi connectivity index (χ2n) is 9.89. The van der Waals surface area contributed by atoms with E-state index < -0.39 is 12.7 Å². The van der Waals surface area contributed by atoms with Gasteiger partial charge in [0.05, 0.1) is 13.2 Å². The molecule has 42 heavy (non-hydrogen) atoms. The number of hydrogen-bond acceptors (Lipinski definition) is 6. The number of aryl methyl sites for hydroxylation is 1. The van der Waals surface area contributed by atoms with Crippen LogP contribution >= 0.6 is 0 Å². The Morgan fingerprint density at radius 3 is 2.55 bits per heavy atom. The number of benzene rings is 3. The number of hydrogen-bond donors (Lipinski definition) is 3. The number of anilines is 2. The number of alkyl halides is 2. The first-order chi connectivity index (χ1) is 20.1. The molecule has 0 radical (unpaired) electrons. The summed E-state index contributed by atoms with van der Waals surface area (Å²) in [5.41, 5.74) is 3.04. The summed E-state index contributed by atoms with van der Waals surface area (Å²) in [6.07, 6.45) is 0.856. The van der Waals surface area contributed by atoms with Crippen LogP contribution in [0.4, 0.5) is 25.0 Å². The summed E-state index contributed by atoms with van der Waals surface area (Å²) in [4.78, 5) is 41.3. The van der Waals surface area contributed by atoms with E-state index >= 15 is 0 Å². The topological polar surface area (TPSA) is 113 Å². The molecule has 9 nitrogen and oxygen atoms in total. The van der Waals surface area contributed by atoms with Gasteiger partial charge >= 0.3 is 12.7 Å². The number of carbonyl (C=O) groups is 2. The van der Waals surface area contributed by atoms with Crippen LogP contribution in [0.3, 0.4) is 0 Å². The van der Waals surface area contributed by atoms with Crippen LogP contribution in [0.5, 0.6) is 5.75 Å². The Hall–Kier alpha value is -4.93. The molecule has 0 aliphatic carbocycles. The molecule has 1 atom stereocenters. The van der Waals surface area contributed by atoms with Gasteiger partial charge in [-0.25, -0.2) is 4.79 Å². The molecule has 11 heteroatoms. The van der Waals surface area contributed by atoms with Gasteiger partial charge in [-0.15, -0.1) is 0 Å². The Kier molecular flexibility index (Phi) is 9.74. The van der Waals surface area contributed by atoms with Gasteiger partial charge in [-0.3, -0.25) is 14.9 Å². The molecule has 4 aromatic rings. The Morgan fingerprint density at radius 1 is 1.02 bits per heavy atom. The highest BCUT2D eigenvalue weighted by molar-refractivity contribution is 5.87. The van der Waals surface area contributed by atoms with Crippen molar-refractivity contribution in [2.75, 3.05) is 30.8 Å². The van der Waals surface area contributed by atoms with E-state index in [1.807, 2.05) is 38.1 Å². The van der Waals surface area contributed by atoms with Gasteiger partial charge in [-0.05, 0) is 59.8 Å². The summed E-state index contributed by atoms with van der Waals surface area (Å²) in [5, 5.41) is 6.83. The van der Waals surface area contributed by atoms with E-state index in [1.54, 1.807) is 30.5 Å². The van der Waals surface area contributed by atoms with Gasteiger partial charge in [0.2, 0.25) is 5.91 Å². The fraction of sp³-hybridized carbons (Fsp3) is 0.258. The minimum atomic E-state index is -3.07. The van der Waals surface area contributed by atoms with Crippen LogP contribution in [0.1, 0.15) is 29.5 Å². The molecule has 0 aliphatic heterocycles. The average molecular weight is 579 g/mol.